The molecule has 0 aliphatic heterocycles. The summed E-state index contributed by atoms with van der Waals surface area (Å²) in [6, 6.07) is 12.6. The molecule has 4 N–H and O–H groups in total. The molecule has 0 fully saturated rings. The van der Waals surface area contributed by atoms with E-state index in [9.17, 15) is 14.4 Å². The summed E-state index contributed by atoms with van der Waals surface area (Å²) >= 11 is 6.13. The van der Waals surface area contributed by atoms with Gasteiger partial charge in [-0.1, -0.05) is 55.8 Å². The number of primary amides is 1. The van der Waals surface area contributed by atoms with Crippen molar-refractivity contribution in [1.29, 1.82) is 0 Å². The number of carbonyl (C=O) groups is 3. The molecule has 3 amide bonds. The highest BCUT2D eigenvalue weighted by atomic mass is 35.5. The number of halogens is 1. The number of carbonyl (C=O) groups excluding carboxylic acids is 3. The molecule has 0 spiro atoms. The highest BCUT2D eigenvalue weighted by molar-refractivity contribution is 6.31. The minimum atomic E-state index is -0.801. The second-order valence-corrected chi connectivity index (χ2v) is 7.18. The van der Waals surface area contributed by atoms with Crippen LogP contribution in [0.4, 0.5) is 10.5 Å². The molecule has 2 aromatic rings. The highest BCUT2D eigenvalue weighted by Gasteiger charge is 2.21. The lowest BCUT2D eigenvalue weighted by Crippen LogP contribution is -2.35. The molecular weight excluding hydrogens is 394 g/mol. The third-order valence-corrected chi connectivity index (χ3v) is 4.54. The first kappa shape index (κ1) is 22.2. The average Bonchev–Trinajstić information content (AvgIpc) is 2.66. The van der Waals surface area contributed by atoms with Gasteiger partial charge in [0.2, 0.25) is 0 Å². The fraction of sp³-hybridized carbons (Fsp3) is 0.286. The molecule has 8 heteroatoms. The van der Waals surface area contributed by atoms with Crippen molar-refractivity contribution in [2.45, 2.75) is 32.2 Å². The van der Waals surface area contributed by atoms with E-state index < -0.39 is 30.6 Å². The molecule has 154 valence electrons. The van der Waals surface area contributed by atoms with Crippen molar-refractivity contribution in [1.82, 2.24) is 5.32 Å². The van der Waals surface area contributed by atoms with E-state index in [1.165, 1.54) is 0 Å². The standard InChI is InChI=1S/C21H24ClN3O4/c1-13(2)14-7-9-15(10-8-14)24-19(26)12-29-20(27)11-18(25-21(23)28)16-5-3-4-6-17(16)22/h3-10,13,18H,11-12H2,1-2H3,(H,24,26)(H3,23,25,28)/t18-/m1/s1. The summed E-state index contributed by atoms with van der Waals surface area (Å²) in [5.41, 5.74) is 7.48. The number of amides is 3. The second-order valence-electron chi connectivity index (χ2n) is 6.77. The fourth-order valence-corrected chi connectivity index (χ4v) is 2.96. The van der Waals surface area contributed by atoms with Crippen LogP contribution in [0.3, 0.4) is 0 Å². The van der Waals surface area contributed by atoms with Gasteiger partial charge in [-0.3, -0.25) is 9.59 Å². The quantitative estimate of drug-likeness (QED) is 0.568. The maximum absolute atomic E-state index is 12.2. The Morgan fingerprint density at radius 2 is 1.72 bits per heavy atom. The van der Waals surface area contributed by atoms with E-state index in [0.717, 1.165) is 5.56 Å². The zero-order chi connectivity index (χ0) is 21.4. The van der Waals surface area contributed by atoms with E-state index in [-0.39, 0.29) is 6.42 Å². The molecule has 0 aliphatic carbocycles. The number of esters is 1. The Morgan fingerprint density at radius 3 is 2.31 bits per heavy atom. The minimum absolute atomic E-state index is 0.219. The lowest BCUT2D eigenvalue weighted by Gasteiger charge is -2.18. The molecule has 0 saturated carbocycles. The second kappa shape index (κ2) is 10.5. The van der Waals surface area contributed by atoms with E-state index in [1.807, 2.05) is 12.1 Å². The lowest BCUT2D eigenvalue weighted by atomic mass is 10.0. The summed E-state index contributed by atoms with van der Waals surface area (Å²) in [5, 5.41) is 5.50. The molecule has 0 saturated heterocycles. The summed E-state index contributed by atoms with van der Waals surface area (Å²) in [5.74, 6) is -0.748. The molecule has 1 atom stereocenters. The van der Waals surface area contributed by atoms with Gasteiger partial charge in [0.1, 0.15) is 0 Å². The van der Waals surface area contributed by atoms with Gasteiger partial charge in [-0.15, -0.1) is 0 Å². The number of rotatable bonds is 8. The number of nitrogens with one attached hydrogen (secondary N) is 2. The van der Waals surface area contributed by atoms with Crippen LogP contribution in [0.1, 0.15) is 43.4 Å². The van der Waals surface area contributed by atoms with Gasteiger partial charge >= 0.3 is 12.0 Å². The lowest BCUT2D eigenvalue weighted by molar-refractivity contribution is -0.147. The number of hydrogen-bond donors (Lipinski definition) is 3. The van der Waals surface area contributed by atoms with Crippen molar-refractivity contribution in [2.24, 2.45) is 5.73 Å². The van der Waals surface area contributed by atoms with Gasteiger partial charge in [-0.05, 0) is 35.2 Å². The molecule has 7 nitrogen and oxygen atoms in total. The Bertz CT molecular complexity index is 868. The Labute approximate surface area is 174 Å². The molecule has 0 aliphatic rings. The molecule has 2 aromatic carbocycles. The highest BCUT2D eigenvalue weighted by Crippen LogP contribution is 2.25. The van der Waals surface area contributed by atoms with E-state index in [0.29, 0.717) is 22.2 Å². The Kier molecular flexibility index (Phi) is 8.03. The minimum Gasteiger partial charge on any atom is -0.455 e. The third-order valence-electron chi connectivity index (χ3n) is 4.19. The van der Waals surface area contributed by atoms with Crippen molar-refractivity contribution in [3.8, 4) is 0 Å². The van der Waals surface area contributed by atoms with Gasteiger partial charge in [0.25, 0.3) is 5.91 Å². The number of anilines is 1. The summed E-state index contributed by atoms with van der Waals surface area (Å²) < 4.78 is 5.03. The SMILES string of the molecule is CC(C)c1ccc(NC(=O)COC(=O)C[C@@H](NC(N)=O)c2ccccc2Cl)cc1. The maximum Gasteiger partial charge on any atom is 0.312 e. The van der Waals surface area contributed by atoms with Crippen LogP contribution in [0.5, 0.6) is 0 Å². The molecule has 2 rings (SSSR count). The Balaban J connectivity index is 1.90. The van der Waals surface area contributed by atoms with Crippen molar-refractivity contribution in [3.63, 3.8) is 0 Å². The van der Waals surface area contributed by atoms with Gasteiger partial charge in [0.05, 0.1) is 12.5 Å². The van der Waals surface area contributed by atoms with Crippen LogP contribution in [0.25, 0.3) is 0 Å². The van der Waals surface area contributed by atoms with Gasteiger partial charge in [-0.25, -0.2) is 4.79 Å². The van der Waals surface area contributed by atoms with E-state index >= 15 is 0 Å². The van der Waals surface area contributed by atoms with E-state index in [1.54, 1.807) is 36.4 Å². The van der Waals surface area contributed by atoms with Crippen LogP contribution in [0.15, 0.2) is 48.5 Å². The normalized spacial score (nSPS) is 11.6. The number of benzene rings is 2. The predicted octanol–water partition coefficient (Wildman–Crippen LogP) is 3.74. The van der Waals surface area contributed by atoms with Gasteiger partial charge in [0.15, 0.2) is 6.61 Å². The summed E-state index contributed by atoms with van der Waals surface area (Å²) in [6.45, 7) is 3.71. The number of ether oxygens (including phenoxy) is 1. The fourth-order valence-electron chi connectivity index (χ4n) is 2.69. The van der Waals surface area contributed by atoms with Crippen LogP contribution in [0, 0.1) is 0 Å². The van der Waals surface area contributed by atoms with Crippen molar-refractivity contribution < 1.29 is 19.1 Å². The molecular formula is C21H24ClN3O4. The maximum atomic E-state index is 12.2. The van der Waals surface area contributed by atoms with Crippen LogP contribution < -0.4 is 16.4 Å². The number of nitrogens with two attached hydrogens (primary N) is 1. The third kappa shape index (κ3) is 7.12. The zero-order valence-electron chi connectivity index (χ0n) is 16.3. The Morgan fingerprint density at radius 1 is 1.07 bits per heavy atom. The molecule has 0 radical (unpaired) electrons. The van der Waals surface area contributed by atoms with Gasteiger partial charge in [0, 0.05) is 10.7 Å². The first-order valence-electron chi connectivity index (χ1n) is 9.12. The number of hydrogen-bond acceptors (Lipinski definition) is 4. The molecule has 0 aromatic heterocycles. The Hall–Kier alpha value is -3.06. The smallest absolute Gasteiger partial charge is 0.312 e. The van der Waals surface area contributed by atoms with Crippen LogP contribution in [-0.2, 0) is 14.3 Å². The first-order chi connectivity index (χ1) is 13.8. The average molecular weight is 418 g/mol. The zero-order valence-corrected chi connectivity index (χ0v) is 17.0. The van der Waals surface area contributed by atoms with Crippen molar-refractivity contribution >= 4 is 35.2 Å². The summed E-state index contributed by atoms with van der Waals surface area (Å²) in [6.07, 6.45) is -0.219. The molecule has 0 heterocycles. The monoisotopic (exact) mass is 417 g/mol. The van der Waals surface area contributed by atoms with E-state index in [2.05, 4.69) is 24.5 Å². The molecule has 0 bridgehead atoms. The molecule has 29 heavy (non-hydrogen) atoms. The molecule has 0 unspecified atom stereocenters. The van der Waals surface area contributed by atoms with E-state index in [4.69, 9.17) is 22.1 Å². The number of urea groups is 1. The van der Waals surface area contributed by atoms with Crippen molar-refractivity contribution in [3.05, 3.63) is 64.7 Å². The van der Waals surface area contributed by atoms with Crippen LogP contribution >= 0.6 is 11.6 Å². The summed E-state index contributed by atoms with van der Waals surface area (Å²) in [7, 11) is 0. The first-order valence-corrected chi connectivity index (χ1v) is 9.50. The van der Waals surface area contributed by atoms with Crippen LogP contribution in [0.2, 0.25) is 5.02 Å². The topological polar surface area (TPSA) is 111 Å². The largest absolute Gasteiger partial charge is 0.455 e. The van der Waals surface area contributed by atoms with Gasteiger partial charge < -0.3 is 21.1 Å². The van der Waals surface area contributed by atoms with Gasteiger partial charge in [-0.2, -0.15) is 0 Å². The van der Waals surface area contributed by atoms with Crippen molar-refractivity contribution in [2.75, 3.05) is 11.9 Å². The summed E-state index contributed by atoms with van der Waals surface area (Å²) in [4.78, 5) is 35.4. The van der Waals surface area contributed by atoms with Crippen LogP contribution in [-0.4, -0.2) is 24.5 Å². The predicted molar refractivity (Wildman–Crippen MR) is 112 cm³/mol.